The molecule has 0 fully saturated rings. The quantitative estimate of drug-likeness (QED) is 0.522. The predicted molar refractivity (Wildman–Crippen MR) is 76.7 cm³/mol. The number of nitrogens with zero attached hydrogens (tertiary/aromatic N) is 1. The van der Waals surface area contributed by atoms with Gasteiger partial charge in [-0.2, -0.15) is 0 Å². The second kappa shape index (κ2) is 6.38. The fraction of sp³-hybridized carbons (Fsp3) is 0.538. The first-order chi connectivity index (χ1) is 8.81. The van der Waals surface area contributed by atoms with Crippen LogP contribution in [0.25, 0.3) is 0 Å². The topological polar surface area (TPSA) is 87.4 Å². The largest absolute Gasteiger partial charge is 0.389 e. The van der Waals surface area contributed by atoms with Crippen molar-refractivity contribution in [2.45, 2.75) is 32.8 Å². The number of anilines is 2. The summed E-state index contributed by atoms with van der Waals surface area (Å²) in [5.74, 6) is 0. The van der Waals surface area contributed by atoms with Crippen molar-refractivity contribution in [3.63, 3.8) is 0 Å². The van der Waals surface area contributed by atoms with Gasteiger partial charge in [-0.05, 0) is 26.3 Å². The zero-order chi connectivity index (χ0) is 14.5. The number of nitro benzene ring substituents is 1. The summed E-state index contributed by atoms with van der Waals surface area (Å²) in [4.78, 5) is 10.5. The molecule has 1 aromatic carbocycles. The first-order valence-corrected chi connectivity index (χ1v) is 6.31. The average molecular weight is 267 g/mol. The van der Waals surface area contributed by atoms with Gasteiger partial charge in [0.15, 0.2) is 0 Å². The first kappa shape index (κ1) is 15.2. The molecule has 0 heterocycles. The molecule has 0 saturated heterocycles. The number of hydrogen-bond acceptors (Lipinski definition) is 5. The molecule has 6 nitrogen and oxygen atoms in total. The highest BCUT2D eigenvalue weighted by molar-refractivity contribution is 5.63. The van der Waals surface area contributed by atoms with E-state index in [-0.39, 0.29) is 5.69 Å². The minimum absolute atomic E-state index is 0.0272. The molecular weight excluding hydrogens is 246 g/mol. The van der Waals surface area contributed by atoms with E-state index in [1.54, 1.807) is 19.9 Å². The van der Waals surface area contributed by atoms with Crippen LogP contribution in [0.4, 0.5) is 17.1 Å². The first-order valence-electron chi connectivity index (χ1n) is 6.31. The molecule has 0 spiro atoms. The van der Waals surface area contributed by atoms with Crippen LogP contribution in [0.5, 0.6) is 0 Å². The van der Waals surface area contributed by atoms with Gasteiger partial charge in [-0.1, -0.05) is 6.92 Å². The molecule has 0 bridgehead atoms. The van der Waals surface area contributed by atoms with Crippen molar-refractivity contribution in [3.05, 3.63) is 28.3 Å². The molecular formula is C13H21N3O3. The number of hydrogen-bond donors (Lipinski definition) is 3. The van der Waals surface area contributed by atoms with Crippen molar-refractivity contribution in [2.75, 3.05) is 23.7 Å². The Morgan fingerprint density at radius 2 is 1.84 bits per heavy atom. The summed E-state index contributed by atoms with van der Waals surface area (Å²) >= 11 is 0. The van der Waals surface area contributed by atoms with Gasteiger partial charge in [0, 0.05) is 36.6 Å². The Kier molecular flexibility index (Phi) is 5.11. The summed E-state index contributed by atoms with van der Waals surface area (Å²) in [7, 11) is 0. The van der Waals surface area contributed by atoms with E-state index in [4.69, 9.17) is 0 Å². The van der Waals surface area contributed by atoms with E-state index in [2.05, 4.69) is 10.6 Å². The van der Waals surface area contributed by atoms with Crippen molar-refractivity contribution in [3.8, 4) is 0 Å². The molecule has 0 amide bonds. The number of nitro groups is 1. The highest BCUT2D eigenvalue weighted by Crippen LogP contribution is 2.24. The van der Waals surface area contributed by atoms with Crippen molar-refractivity contribution in [2.24, 2.45) is 0 Å². The molecule has 3 N–H and O–H groups in total. The van der Waals surface area contributed by atoms with Crippen molar-refractivity contribution in [1.29, 1.82) is 0 Å². The second-order valence-corrected chi connectivity index (χ2v) is 5.12. The molecule has 1 rings (SSSR count). The molecule has 19 heavy (non-hydrogen) atoms. The van der Waals surface area contributed by atoms with Crippen LogP contribution in [-0.2, 0) is 0 Å². The van der Waals surface area contributed by atoms with Gasteiger partial charge >= 0.3 is 0 Å². The summed E-state index contributed by atoms with van der Waals surface area (Å²) in [6, 6.07) is 4.77. The van der Waals surface area contributed by atoms with Gasteiger partial charge in [0.1, 0.15) is 0 Å². The Balaban J connectivity index is 2.89. The smallest absolute Gasteiger partial charge is 0.273 e. The van der Waals surface area contributed by atoms with Gasteiger partial charge in [-0.3, -0.25) is 10.1 Å². The minimum Gasteiger partial charge on any atom is -0.389 e. The van der Waals surface area contributed by atoms with Crippen LogP contribution in [-0.4, -0.2) is 28.7 Å². The molecule has 0 aromatic heterocycles. The van der Waals surface area contributed by atoms with E-state index >= 15 is 0 Å². The second-order valence-electron chi connectivity index (χ2n) is 5.12. The summed E-state index contributed by atoms with van der Waals surface area (Å²) < 4.78 is 0. The van der Waals surface area contributed by atoms with Crippen LogP contribution >= 0.6 is 0 Å². The Bertz CT molecular complexity index is 441. The lowest BCUT2D eigenvalue weighted by Gasteiger charge is -2.19. The van der Waals surface area contributed by atoms with Crippen molar-refractivity contribution >= 4 is 17.1 Å². The lowest BCUT2D eigenvalue weighted by Crippen LogP contribution is -2.29. The third-order valence-corrected chi connectivity index (χ3v) is 2.43. The van der Waals surface area contributed by atoms with Gasteiger partial charge in [-0.25, -0.2) is 0 Å². The Morgan fingerprint density at radius 1 is 1.26 bits per heavy atom. The Morgan fingerprint density at radius 3 is 2.32 bits per heavy atom. The van der Waals surface area contributed by atoms with Gasteiger partial charge in [0.2, 0.25) is 0 Å². The lowest BCUT2D eigenvalue weighted by molar-refractivity contribution is -0.384. The maximum absolute atomic E-state index is 10.9. The third kappa shape index (κ3) is 5.56. The van der Waals surface area contributed by atoms with Crippen LogP contribution in [0.3, 0.4) is 0 Å². The lowest BCUT2D eigenvalue weighted by atomic mass is 10.1. The van der Waals surface area contributed by atoms with Crippen molar-refractivity contribution in [1.82, 2.24) is 0 Å². The summed E-state index contributed by atoms with van der Waals surface area (Å²) in [6.07, 6.45) is 0.940. The molecule has 1 aromatic rings. The molecule has 106 valence electrons. The van der Waals surface area contributed by atoms with E-state index in [0.717, 1.165) is 13.0 Å². The molecule has 6 heteroatoms. The average Bonchev–Trinajstić information content (AvgIpc) is 2.32. The van der Waals surface area contributed by atoms with E-state index in [1.165, 1.54) is 12.1 Å². The number of nitrogens with one attached hydrogen (secondary N) is 2. The molecule has 0 aliphatic carbocycles. The van der Waals surface area contributed by atoms with Crippen molar-refractivity contribution < 1.29 is 10.0 Å². The highest BCUT2D eigenvalue weighted by atomic mass is 16.6. The third-order valence-electron chi connectivity index (χ3n) is 2.43. The summed E-state index contributed by atoms with van der Waals surface area (Å²) in [5.41, 5.74) is 0.477. The molecule has 0 unspecified atom stereocenters. The fourth-order valence-electron chi connectivity index (χ4n) is 1.51. The Labute approximate surface area is 113 Å². The fourth-order valence-corrected chi connectivity index (χ4v) is 1.51. The maximum atomic E-state index is 10.9. The van der Waals surface area contributed by atoms with E-state index in [0.29, 0.717) is 17.9 Å². The number of rotatable bonds is 7. The maximum Gasteiger partial charge on any atom is 0.273 e. The number of benzene rings is 1. The molecule has 0 radical (unpaired) electrons. The van der Waals surface area contributed by atoms with Crippen LogP contribution < -0.4 is 10.6 Å². The van der Waals surface area contributed by atoms with Crippen LogP contribution in [0.2, 0.25) is 0 Å². The Hall–Kier alpha value is -1.82. The highest BCUT2D eigenvalue weighted by Gasteiger charge is 2.14. The molecule has 0 atom stereocenters. The summed E-state index contributed by atoms with van der Waals surface area (Å²) in [5, 5.41) is 26.7. The standard InChI is InChI=1S/C13H21N3O3/c1-4-5-14-10-6-11(15-9-13(2,3)17)8-12(7-10)16(18)19/h6-8,14-15,17H,4-5,9H2,1-3H3. The van der Waals surface area contributed by atoms with E-state index < -0.39 is 10.5 Å². The monoisotopic (exact) mass is 267 g/mol. The SMILES string of the molecule is CCCNc1cc(NCC(C)(C)O)cc([N+](=O)[O-])c1. The van der Waals surface area contributed by atoms with Crippen LogP contribution in [0.15, 0.2) is 18.2 Å². The molecule has 0 aliphatic rings. The van der Waals surface area contributed by atoms with E-state index in [9.17, 15) is 15.2 Å². The van der Waals surface area contributed by atoms with Gasteiger partial charge in [0.05, 0.1) is 10.5 Å². The zero-order valence-corrected chi connectivity index (χ0v) is 11.6. The predicted octanol–water partition coefficient (Wildman–Crippen LogP) is 2.60. The zero-order valence-electron chi connectivity index (χ0n) is 11.6. The normalized spacial score (nSPS) is 11.2. The van der Waals surface area contributed by atoms with E-state index in [1.807, 2.05) is 6.92 Å². The number of non-ortho nitro benzene ring substituents is 1. The number of aliphatic hydroxyl groups is 1. The van der Waals surface area contributed by atoms with Gasteiger partial charge < -0.3 is 15.7 Å². The van der Waals surface area contributed by atoms with Crippen LogP contribution in [0, 0.1) is 10.1 Å². The minimum atomic E-state index is -0.873. The molecule has 0 aliphatic heterocycles. The molecule has 0 saturated carbocycles. The van der Waals surface area contributed by atoms with Gasteiger partial charge in [0.25, 0.3) is 5.69 Å². The van der Waals surface area contributed by atoms with Gasteiger partial charge in [-0.15, -0.1) is 0 Å². The van der Waals surface area contributed by atoms with Crippen LogP contribution in [0.1, 0.15) is 27.2 Å². The summed E-state index contributed by atoms with van der Waals surface area (Å²) in [6.45, 7) is 6.45.